The maximum Gasteiger partial charge on any atom is 0.0708 e. The van der Waals surface area contributed by atoms with Crippen LogP contribution in [0.1, 0.15) is 38.2 Å². The van der Waals surface area contributed by atoms with Gasteiger partial charge in [-0.2, -0.15) is 0 Å². The normalized spacial score (nSPS) is 27.6. The van der Waals surface area contributed by atoms with E-state index in [4.69, 9.17) is 5.21 Å². The summed E-state index contributed by atoms with van der Waals surface area (Å²) in [5, 5.41) is 24.9. The van der Waals surface area contributed by atoms with Gasteiger partial charge in [-0.05, 0) is 17.4 Å². The number of oxime groups is 2. The minimum Gasteiger partial charge on any atom is -0.411 e. The SMILES string of the molecule is CC1(C)C/C(=N/O)C/C(=N\O)C1c1ccccc1. The molecule has 18 heavy (non-hydrogen) atoms. The zero-order valence-corrected chi connectivity index (χ0v) is 10.7. The average Bonchev–Trinajstić information content (AvgIpc) is 2.37. The van der Waals surface area contributed by atoms with E-state index in [0.717, 1.165) is 5.56 Å². The summed E-state index contributed by atoms with van der Waals surface area (Å²) < 4.78 is 0. The van der Waals surface area contributed by atoms with Gasteiger partial charge in [-0.1, -0.05) is 54.5 Å². The third-order valence-corrected chi connectivity index (χ3v) is 3.56. The maximum absolute atomic E-state index is 9.22. The predicted molar refractivity (Wildman–Crippen MR) is 70.6 cm³/mol. The van der Waals surface area contributed by atoms with Crippen molar-refractivity contribution in [3.63, 3.8) is 0 Å². The highest BCUT2D eigenvalue weighted by Gasteiger charge is 2.40. The Morgan fingerprint density at radius 3 is 2.33 bits per heavy atom. The summed E-state index contributed by atoms with van der Waals surface area (Å²) in [7, 11) is 0. The minimum atomic E-state index is -0.136. The molecule has 2 N–H and O–H groups in total. The fourth-order valence-electron chi connectivity index (χ4n) is 2.91. The van der Waals surface area contributed by atoms with E-state index in [2.05, 4.69) is 24.2 Å². The lowest BCUT2D eigenvalue weighted by Crippen LogP contribution is -2.38. The van der Waals surface area contributed by atoms with Gasteiger partial charge in [-0.25, -0.2) is 0 Å². The molecule has 1 atom stereocenters. The van der Waals surface area contributed by atoms with E-state index in [9.17, 15) is 5.21 Å². The molecule has 4 heteroatoms. The van der Waals surface area contributed by atoms with Crippen LogP contribution in [-0.2, 0) is 0 Å². The molecule has 1 aromatic rings. The molecule has 96 valence electrons. The third kappa shape index (κ3) is 2.23. The molecule has 1 aromatic carbocycles. The molecule has 0 aromatic heterocycles. The lowest BCUT2D eigenvalue weighted by molar-refractivity contribution is 0.283. The molecule has 0 aliphatic heterocycles. The summed E-state index contributed by atoms with van der Waals surface area (Å²) >= 11 is 0. The summed E-state index contributed by atoms with van der Waals surface area (Å²) in [6.45, 7) is 4.19. The largest absolute Gasteiger partial charge is 0.411 e. The Labute approximate surface area is 107 Å². The smallest absolute Gasteiger partial charge is 0.0708 e. The first-order valence-electron chi connectivity index (χ1n) is 6.04. The van der Waals surface area contributed by atoms with Gasteiger partial charge < -0.3 is 10.4 Å². The summed E-state index contributed by atoms with van der Waals surface area (Å²) in [6, 6.07) is 10.0. The zero-order chi connectivity index (χ0) is 13.2. The third-order valence-electron chi connectivity index (χ3n) is 3.56. The second kappa shape index (κ2) is 4.80. The van der Waals surface area contributed by atoms with Crippen LogP contribution in [0.3, 0.4) is 0 Å². The average molecular weight is 246 g/mol. The monoisotopic (exact) mass is 246 g/mol. The number of hydrogen-bond acceptors (Lipinski definition) is 4. The molecular formula is C14H18N2O2. The van der Waals surface area contributed by atoms with Crippen molar-refractivity contribution in [1.29, 1.82) is 0 Å². The molecule has 0 saturated heterocycles. The van der Waals surface area contributed by atoms with Crippen LogP contribution in [0.25, 0.3) is 0 Å². The summed E-state index contributed by atoms with van der Waals surface area (Å²) in [5.41, 5.74) is 2.32. The van der Waals surface area contributed by atoms with Crippen molar-refractivity contribution >= 4 is 11.4 Å². The van der Waals surface area contributed by atoms with Crippen LogP contribution in [0.15, 0.2) is 40.6 Å². The number of hydrogen-bond donors (Lipinski definition) is 2. The lowest BCUT2D eigenvalue weighted by Gasteiger charge is -2.39. The van der Waals surface area contributed by atoms with Crippen LogP contribution < -0.4 is 0 Å². The van der Waals surface area contributed by atoms with E-state index in [1.54, 1.807) is 0 Å². The standard InChI is InChI=1S/C14H18N2O2/c1-14(2)9-11(15-17)8-12(16-18)13(14)10-6-4-3-5-7-10/h3-7,13,17-18H,8-9H2,1-2H3/b15-11+,16-12+. The van der Waals surface area contributed by atoms with E-state index in [1.165, 1.54) is 0 Å². The van der Waals surface area contributed by atoms with E-state index in [0.29, 0.717) is 24.3 Å². The fourth-order valence-corrected chi connectivity index (χ4v) is 2.91. The van der Waals surface area contributed by atoms with Crippen molar-refractivity contribution in [2.75, 3.05) is 0 Å². The van der Waals surface area contributed by atoms with Gasteiger partial charge in [0, 0.05) is 12.3 Å². The van der Waals surface area contributed by atoms with Gasteiger partial charge in [0.25, 0.3) is 0 Å². The van der Waals surface area contributed by atoms with Crippen molar-refractivity contribution in [2.45, 2.75) is 32.6 Å². The van der Waals surface area contributed by atoms with Crippen molar-refractivity contribution in [1.82, 2.24) is 0 Å². The Kier molecular flexibility index (Phi) is 3.36. The van der Waals surface area contributed by atoms with Gasteiger partial charge in [-0.15, -0.1) is 0 Å². The Hall–Kier alpha value is -1.84. The highest BCUT2D eigenvalue weighted by molar-refractivity contribution is 6.09. The molecular weight excluding hydrogens is 228 g/mol. The van der Waals surface area contributed by atoms with E-state index in [-0.39, 0.29) is 11.3 Å². The second-order valence-electron chi connectivity index (χ2n) is 5.44. The van der Waals surface area contributed by atoms with Gasteiger partial charge in [0.1, 0.15) is 0 Å². The molecule has 1 saturated carbocycles. The molecule has 1 aliphatic rings. The van der Waals surface area contributed by atoms with Crippen LogP contribution in [0.2, 0.25) is 0 Å². The molecule has 1 aliphatic carbocycles. The number of rotatable bonds is 1. The Balaban J connectivity index is 2.44. The molecule has 0 heterocycles. The molecule has 0 bridgehead atoms. The Bertz CT molecular complexity index is 478. The molecule has 1 unspecified atom stereocenters. The van der Waals surface area contributed by atoms with Crippen LogP contribution in [0, 0.1) is 5.41 Å². The van der Waals surface area contributed by atoms with E-state index < -0.39 is 0 Å². The van der Waals surface area contributed by atoms with Gasteiger partial charge >= 0.3 is 0 Å². The maximum atomic E-state index is 9.22. The predicted octanol–water partition coefficient (Wildman–Crippen LogP) is 3.25. The summed E-state index contributed by atoms with van der Waals surface area (Å²) in [4.78, 5) is 0. The van der Waals surface area contributed by atoms with E-state index >= 15 is 0 Å². The summed E-state index contributed by atoms with van der Waals surface area (Å²) in [5.74, 6) is 0.0502. The van der Waals surface area contributed by atoms with Crippen LogP contribution in [0.4, 0.5) is 0 Å². The van der Waals surface area contributed by atoms with Crippen molar-refractivity contribution in [2.24, 2.45) is 15.7 Å². The van der Waals surface area contributed by atoms with Crippen LogP contribution >= 0.6 is 0 Å². The first kappa shape index (κ1) is 12.6. The van der Waals surface area contributed by atoms with Gasteiger partial charge in [0.15, 0.2) is 0 Å². The molecule has 0 radical (unpaired) electrons. The molecule has 2 rings (SSSR count). The van der Waals surface area contributed by atoms with E-state index in [1.807, 2.05) is 30.3 Å². The molecule has 1 fully saturated rings. The summed E-state index contributed by atoms with van der Waals surface area (Å²) in [6.07, 6.45) is 1.12. The second-order valence-corrected chi connectivity index (χ2v) is 5.44. The molecule has 0 spiro atoms. The minimum absolute atomic E-state index is 0.0502. The Morgan fingerprint density at radius 1 is 1.11 bits per heavy atom. The van der Waals surface area contributed by atoms with Gasteiger partial charge in [0.05, 0.1) is 11.4 Å². The lowest BCUT2D eigenvalue weighted by atomic mass is 9.64. The highest BCUT2D eigenvalue weighted by atomic mass is 16.4. The Morgan fingerprint density at radius 2 is 1.78 bits per heavy atom. The number of benzene rings is 1. The topological polar surface area (TPSA) is 65.2 Å². The van der Waals surface area contributed by atoms with Crippen LogP contribution in [0.5, 0.6) is 0 Å². The quantitative estimate of drug-likeness (QED) is 0.590. The first-order chi connectivity index (χ1) is 8.58. The molecule has 0 amide bonds. The number of nitrogens with zero attached hydrogens (tertiary/aromatic N) is 2. The van der Waals surface area contributed by atoms with Gasteiger partial charge in [-0.3, -0.25) is 0 Å². The molecule has 4 nitrogen and oxygen atoms in total. The first-order valence-corrected chi connectivity index (χ1v) is 6.04. The zero-order valence-electron chi connectivity index (χ0n) is 10.7. The van der Waals surface area contributed by atoms with Crippen molar-refractivity contribution in [3.8, 4) is 0 Å². The van der Waals surface area contributed by atoms with Crippen molar-refractivity contribution < 1.29 is 10.4 Å². The highest BCUT2D eigenvalue weighted by Crippen LogP contribution is 2.44. The van der Waals surface area contributed by atoms with Crippen molar-refractivity contribution in [3.05, 3.63) is 35.9 Å². The van der Waals surface area contributed by atoms with Gasteiger partial charge in [0.2, 0.25) is 0 Å². The van der Waals surface area contributed by atoms with Crippen LogP contribution in [-0.4, -0.2) is 21.8 Å². The fraction of sp³-hybridized carbons (Fsp3) is 0.429.